The van der Waals surface area contributed by atoms with Crippen LogP contribution < -0.4 is 0 Å². The Hall–Kier alpha value is -1.32. The maximum absolute atomic E-state index is 12.7. The molecule has 4 nitrogen and oxygen atoms in total. The van der Waals surface area contributed by atoms with Crippen LogP contribution in [0, 0.1) is 0 Å². The molecule has 0 heterocycles. The molecule has 0 aromatic rings. The van der Waals surface area contributed by atoms with E-state index in [-0.39, 0.29) is 18.5 Å². The number of allylic oxidation sites excluding steroid dienone is 2. The van der Waals surface area contributed by atoms with Crippen LogP contribution in [0.1, 0.15) is 277 Å². The van der Waals surface area contributed by atoms with Gasteiger partial charge in [-0.15, -0.1) is 0 Å². The summed E-state index contributed by atoms with van der Waals surface area (Å²) in [7, 11) is 0. The zero-order valence-corrected chi connectivity index (χ0v) is 35.4. The number of unbranched alkanes of at least 4 members (excludes halogenated alkanes) is 33. The summed E-state index contributed by atoms with van der Waals surface area (Å²) in [6.07, 6.45) is 55.4. The van der Waals surface area contributed by atoms with Crippen LogP contribution in [-0.2, 0) is 14.3 Å². The summed E-state index contributed by atoms with van der Waals surface area (Å²) >= 11 is 0. The lowest BCUT2D eigenvalue weighted by atomic mass is 10.0. The van der Waals surface area contributed by atoms with Gasteiger partial charge in [0.05, 0.1) is 0 Å². The Morgan fingerprint density at radius 3 is 1.06 bits per heavy atom. The van der Waals surface area contributed by atoms with Gasteiger partial charge in [-0.05, 0) is 64.2 Å². The normalized spacial score (nSPS) is 12.2. The predicted octanol–water partition coefficient (Wildman–Crippen LogP) is 16.6. The molecule has 0 bridgehead atoms. The van der Waals surface area contributed by atoms with Crippen molar-refractivity contribution in [2.45, 2.75) is 283 Å². The maximum atomic E-state index is 12.7. The number of esters is 1. The molecule has 1 atom stereocenters. The first-order chi connectivity index (χ1) is 25.6. The number of carbonyl (C=O) groups is 2. The number of hydrogen-bond donors (Lipinski definition) is 1. The Morgan fingerprint density at radius 1 is 0.404 bits per heavy atom. The second-order valence-corrected chi connectivity index (χ2v) is 16.3. The molecule has 0 radical (unpaired) electrons. The maximum Gasteiger partial charge on any atom is 0.306 e. The quantitative estimate of drug-likeness (QED) is 0.0385. The lowest BCUT2D eigenvalue weighted by Crippen LogP contribution is -2.18. The van der Waals surface area contributed by atoms with E-state index in [4.69, 9.17) is 9.84 Å². The fourth-order valence-corrected chi connectivity index (χ4v) is 7.48. The third-order valence-electron chi connectivity index (χ3n) is 11.0. The molecule has 0 rings (SSSR count). The van der Waals surface area contributed by atoms with Crippen molar-refractivity contribution < 1.29 is 19.4 Å². The minimum atomic E-state index is -0.719. The Bertz CT molecular complexity index is 747. The molecule has 308 valence electrons. The van der Waals surface area contributed by atoms with E-state index in [1.807, 2.05) is 0 Å². The molecular formula is C48H92O4. The molecule has 1 unspecified atom stereocenters. The van der Waals surface area contributed by atoms with E-state index in [1.165, 1.54) is 199 Å². The molecule has 0 aliphatic heterocycles. The lowest BCUT2D eigenvalue weighted by molar-refractivity contribution is -0.150. The van der Waals surface area contributed by atoms with Gasteiger partial charge in [-0.2, -0.15) is 0 Å². The molecule has 1 N–H and O–H groups in total. The molecule has 4 heteroatoms. The number of hydrogen-bond acceptors (Lipinski definition) is 3. The number of carboxylic acids is 1. The first kappa shape index (κ1) is 50.7. The minimum absolute atomic E-state index is 0.00525. The van der Waals surface area contributed by atoms with Crippen LogP contribution in [0.3, 0.4) is 0 Å². The molecule has 52 heavy (non-hydrogen) atoms. The van der Waals surface area contributed by atoms with Crippen LogP contribution in [0.5, 0.6) is 0 Å². The van der Waals surface area contributed by atoms with Crippen molar-refractivity contribution in [3.63, 3.8) is 0 Å². The number of aliphatic carboxylic acids is 1. The smallest absolute Gasteiger partial charge is 0.306 e. The number of rotatable bonds is 44. The van der Waals surface area contributed by atoms with Gasteiger partial charge in [0.25, 0.3) is 0 Å². The Balaban J connectivity index is 3.81. The zero-order valence-electron chi connectivity index (χ0n) is 35.4. The first-order valence-corrected chi connectivity index (χ1v) is 23.7. The molecule has 0 fully saturated rings. The van der Waals surface area contributed by atoms with Gasteiger partial charge in [0, 0.05) is 12.8 Å². The summed E-state index contributed by atoms with van der Waals surface area (Å²) in [6, 6.07) is 0. The fraction of sp³-hybridized carbons (Fsp3) is 0.917. The van der Waals surface area contributed by atoms with Crippen molar-refractivity contribution in [1.82, 2.24) is 0 Å². The van der Waals surface area contributed by atoms with Crippen LogP contribution >= 0.6 is 0 Å². The van der Waals surface area contributed by atoms with Crippen LogP contribution in [0.2, 0.25) is 0 Å². The van der Waals surface area contributed by atoms with Crippen LogP contribution in [-0.4, -0.2) is 23.1 Å². The second kappa shape index (κ2) is 44.1. The summed E-state index contributed by atoms with van der Waals surface area (Å²) in [5.74, 6) is -0.742. The van der Waals surface area contributed by atoms with Crippen molar-refractivity contribution in [3.05, 3.63) is 12.2 Å². The summed E-state index contributed by atoms with van der Waals surface area (Å²) in [6.45, 7) is 4.57. The SMILES string of the molecule is CCCCCCCC/C=C\CCCCCCCCCCCCCC(=O)OC(CCCCCCCCCCCCCCCCC)CCCCCC(=O)O. The van der Waals surface area contributed by atoms with Gasteiger partial charge >= 0.3 is 11.9 Å². The Labute approximate surface area is 325 Å². The van der Waals surface area contributed by atoms with E-state index in [2.05, 4.69) is 26.0 Å². The predicted molar refractivity (Wildman–Crippen MR) is 227 cm³/mol. The summed E-state index contributed by atoms with van der Waals surface area (Å²) in [5, 5.41) is 8.93. The van der Waals surface area contributed by atoms with Crippen LogP contribution in [0.4, 0.5) is 0 Å². The number of carboxylic acid groups (broad SMARTS) is 1. The third kappa shape index (κ3) is 43.1. The van der Waals surface area contributed by atoms with Gasteiger partial charge in [0.2, 0.25) is 0 Å². The molecule has 0 aliphatic carbocycles. The van der Waals surface area contributed by atoms with Gasteiger partial charge in [-0.3, -0.25) is 9.59 Å². The molecule has 0 saturated heterocycles. The number of ether oxygens (including phenoxy) is 1. The molecule has 0 amide bonds. The van der Waals surface area contributed by atoms with E-state index in [0.29, 0.717) is 12.8 Å². The average molecular weight is 733 g/mol. The standard InChI is InChI=1S/C48H92O4/c1-3-5-7-9-11-13-15-17-19-20-21-22-23-24-26-28-30-32-34-36-41-45-48(51)52-46(43-39-37-40-44-47(49)50)42-38-35-33-31-29-27-25-18-16-14-12-10-8-6-4-2/h17,19,46H,3-16,18,20-45H2,1-2H3,(H,49,50)/b19-17-. The number of carbonyl (C=O) groups excluding carboxylic acids is 1. The van der Waals surface area contributed by atoms with Crippen LogP contribution in [0.25, 0.3) is 0 Å². The average Bonchev–Trinajstić information content (AvgIpc) is 3.13. The van der Waals surface area contributed by atoms with Crippen molar-refractivity contribution >= 4 is 11.9 Å². The highest BCUT2D eigenvalue weighted by Crippen LogP contribution is 2.19. The first-order valence-electron chi connectivity index (χ1n) is 23.7. The Kier molecular flexibility index (Phi) is 43.0. The molecule has 0 aliphatic rings. The molecular weight excluding hydrogens is 641 g/mol. The lowest BCUT2D eigenvalue weighted by Gasteiger charge is -2.18. The van der Waals surface area contributed by atoms with Crippen molar-refractivity contribution in [3.8, 4) is 0 Å². The van der Waals surface area contributed by atoms with E-state index in [9.17, 15) is 9.59 Å². The van der Waals surface area contributed by atoms with E-state index in [1.54, 1.807) is 0 Å². The largest absolute Gasteiger partial charge is 0.481 e. The molecule has 0 aromatic carbocycles. The Morgan fingerprint density at radius 2 is 0.692 bits per heavy atom. The van der Waals surface area contributed by atoms with Crippen molar-refractivity contribution in [2.24, 2.45) is 0 Å². The fourth-order valence-electron chi connectivity index (χ4n) is 7.48. The van der Waals surface area contributed by atoms with Gasteiger partial charge < -0.3 is 9.84 Å². The monoisotopic (exact) mass is 733 g/mol. The van der Waals surface area contributed by atoms with Crippen LogP contribution in [0.15, 0.2) is 12.2 Å². The summed E-state index contributed by atoms with van der Waals surface area (Å²) < 4.78 is 5.98. The van der Waals surface area contributed by atoms with Gasteiger partial charge in [-0.1, -0.05) is 212 Å². The van der Waals surface area contributed by atoms with Gasteiger partial charge in [0.1, 0.15) is 6.10 Å². The minimum Gasteiger partial charge on any atom is -0.481 e. The highest BCUT2D eigenvalue weighted by atomic mass is 16.5. The highest BCUT2D eigenvalue weighted by Gasteiger charge is 2.14. The van der Waals surface area contributed by atoms with E-state index in [0.717, 1.165) is 44.9 Å². The molecule has 0 saturated carbocycles. The van der Waals surface area contributed by atoms with E-state index < -0.39 is 5.97 Å². The van der Waals surface area contributed by atoms with Gasteiger partial charge in [-0.25, -0.2) is 0 Å². The summed E-state index contributed by atoms with van der Waals surface area (Å²) in [4.78, 5) is 23.5. The second-order valence-electron chi connectivity index (χ2n) is 16.3. The van der Waals surface area contributed by atoms with Crippen molar-refractivity contribution in [2.75, 3.05) is 0 Å². The van der Waals surface area contributed by atoms with E-state index >= 15 is 0 Å². The molecule has 0 spiro atoms. The third-order valence-corrected chi connectivity index (χ3v) is 11.0. The van der Waals surface area contributed by atoms with Gasteiger partial charge in [0.15, 0.2) is 0 Å². The summed E-state index contributed by atoms with van der Waals surface area (Å²) in [5.41, 5.74) is 0. The highest BCUT2D eigenvalue weighted by molar-refractivity contribution is 5.69. The van der Waals surface area contributed by atoms with Crippen molar-refractivity contribution in [1.29, 1.82) is 0 Å². The topological polar surface area (TPSA) is 63.6 Å². The zero-order chi connectivity index (χ0) is 37.8. The molecule has 0 aromatic heterocycles.